The predicted octanol–water partition coefficient (Wildman–Crippen LogP) is 1.64. The molecule has 0 aromatic carbocycles. The van der Waals surface area contributed by atoms with Gasteiger partial charge in [0, 0.05) is 6.20 Å². The number of hydrogen-bond donors (Lipinski definition) is 1. The largest absolute Gasteiger partial charge is 0.339 e. The van der Waals surface area contributed by atoms with Gasteiger partial charge in [0.05, 0.1) is 16.7 Å². The minimum absolute atomic E-state index is 0.0743. The maximum atomic E-state index is 11.3. The zero-order chi connectivity index (χ0) is 10.6. The Kier molecular flexibility index (Phi) is 3.69. The van der Waals surface area contributed by atoms with E-state index in [-0.39, 0.29) is 22.3 Å². The van der Waals surface area contributed by atoms with E-state index in [2.05, 4.69) is 10.3 Å². The number of amides is 1. The van der Waals surface area contributed by atoms with Gasteiger partial charge in [0.25, 0.3) is 5.91 Å². The Morgan fingerprint density at radius 3 is 3.00 bits per heavy atom. The SMILES string of the molecule is N#CCNC(=O)c1cc(Cl)ncc1Cl. The second-order valence-electron chi connectivity index (χ2n) is 2.33. The number of aromatic nitrogens is 1. The Balaban J connectivity index is 2.90. The molecule has 0 unspecified atom stereocenters. The lowest BCUT2D eigenvalue weighted by Crippen LogP contribution is -2.23. The van der Waals surface area contributed by atoms with Crippen LogP contribution in [0.25, 0.3) is 0 Å². The van der Waals surface area contributed by atoms with E-state index in [1.807, 2.05) is 0 Å². The molecule has 0 atom stereocenters. The predicted molar refractivity (Wildman–Crippen MR) is 52.2 cm³/mol. The van der Waals surface area contributed by atoms with Gasteiger partial charge in [-0.15, -0.1) is 0 Å². The highest BCUT2D eigenvalue weighted by atomic mass is 35.5. The fourth-order valence-corrected chi connectivity index (χ4v) is 1.15. The first-order valence-corrected chi connectivity index (χ1v) is 4.37. The van der Waals surface area contributed by atoms with E-state index in [4.69, 9.17) is 28.5 Å². The maximum absolute atomic E-state index is 11.3. The van der Waals surface area contributed by atoms with Crippen LogP contribution >= 0.6 is 23.2 Å². The van der Waals surface area contributed by atoms with Gasteiger partial charge in [-0.3, -0.25) is 4.79 Å². The summed E-state index contributed by atoms with van der Waals surface area (Å²) < 4.78 is 0. The Hall–Kier alpha value is -1.31. The molecule has 0 saturated carbocycles. The van der Waals surface area contributed by atoms with Crippen molar-refractivity contribution in [1.82, 2.24) is 10.3 Å². The first-order chi connectivity index (χ1) is 6.65. The summed E-state index contributed by atoms with van der Waals surface area (Å²) in [7, 11) is 0. The zero-order valence-corrected chi connectivity index (χ0v) is 8.43. The third-order valence-corrected chi connectivity index (χ3v) is 1.90. The van der Waals surface area contributed by atoms with Crippen molar-refractivity contribution in [2.24, 2.45) is 0 Å². The minimum Gasteiger partial charge on any atom is -0.339 e. The van der Waals surface area contributed by atoms with Crippen LogP contribution in [0.15, 0.2) is 12.3 Å². The van der Waals surface area contributed by atoms with Crippen molar-refractivity contribution in [2.75, 3.05) is 6.54 Å². The molecule has 1 rings (SSSR count). The van der Waals surface area contributed by atoms with E-state index in [0.717, 1.165) is 0 Å². The van der Waals surface area contributed by atoms with E-state index in [9.17, 15) is 4.79 Å². The highest BCUT2D eigenvalue weighted by Gasteiger charge is 2.10. The van der Waals surface area contributed by atoms with Gasteiger partial charge in [0.15, 0.2) is 0 Å². The average molecular weight is 230 g/mol. The number of hydrogen-bond acceptors (Lipinski definition) is 3. The molecule has 0 bridgehead atoms. The zero-order valence-electron chi connectivity index (χ0n) is 6.92. The van der Waals surface area contributed by atoms with E-state index in [0.29, 0.717) is 0 Å². The molecule has 1 N–H and O–H groups in total. The second-order valence-corrected chi connectivity index (χ2v) is 3.12. The highest BCUT2D eigenvalue weighted by Crippen LogP contribution is 2.17. The lowest BCUT2D eigenvalue weighted by atomic mass is 10.2. The molecule has 1 amide bonds. The topological polar surface area (TPSA) is 65.8 Å². The summed E-state index contributed by atoms with van der Waals surface area (Å²) in [6, 6.07) is 3.12. The van der Waals surface area contributed by atoms with Crippen LogP contribution in [0.5, 0.6) is 0 Å². The summed E-state index contributed by atoms with van der Waals surface area (Å²) >= 11 is 11.3. The molecule has 1 aromatic rings. The van der Waals surface area contributed by atoms with E-state index in [1.54, 1.807) is 6.07 Å². The molecule has 1 heterocycles. The summed E-state index contributed by atoms with van der Waals surface area (Å²) in [5.74, 6) is -0.444. The quantitative estimate of drug-likeness (QED) is 0.620. The molecule has 0 radical (unpaired) electrons. The number of carbonyl (C=O) groups excluding carboxylic acids is 1. The number of pyridine rings is 1. The molecule has 0 aliphatic heterocycles. The van der Waals surface area contributed by atoms with Gasteiger partial charge in [0.1, 0.15) is 11.7 Å². The summed E-state index contributed by atoms with van der Waals surface area (Å²) in [5, 5.41) is 11.0. The number of rotatable bonds is 2. The van der Waals surface area contributed by atoms with Crippen molar-refractivity contribution in [3.63, 3.8) is 0 Å². The smallest absolute Gasteiger partial charge is 0.253 e. The monoisotopic (exact) mass is 229 g/mol. The van der Waals surface area contributed by atoms with Gasteiger partial charge in [-0.2, -0.15) is 5.26 Å². The molecule has 0 saturated heterocycles. The van der Waals surface area contributed by atoms with Crippen molar-refractivity contribution in [1.29, 1.82) is 5.26 Å². The number of halogens is 2. The fourth-order valence-electron chi connectivity index (χ4n) is 0.802. The van der Waals surface area contributed by atoms with Crippen molar-refractivity contribution in [3.05, 3.63) is 28.0 Å². The third kappa shape index (κ3) is 2.59. The van der Waals surface area contributed by atoms with Crippen molar-refractivity contribution in [2.45, 2.75) is 0 Å². The van der Waals surface area contributed by atoms with Gasteiger partial charge < -0.3 is 5.32 Å². The van der Waals surface area contributed by atoms with Crippen LogP contribution in [0, 0.1) is 11.3 Å². The van der Waals surface area contributed by atoms with Crippen molar-refractivity contribution < 1.29 is 4.79 Å². The van der Waals surface area contributed by atoms with Gasteiger partial charge in [-0.25, -0.2) is 4.98 Å². The number of nitriles is 1. The van der Waals surface area contributed by atoms with E-state index >= 15 is 0 Å². The van der Waals surface area contributed by atoms with Gasteiger partial charge in [-0.05, 0) is 6.07 Å². The summed E-state index contributed by atoms with van der Waals surface area (Å²) in [6.07, 6.45) is 1.28. The van der Waals surface area contributed by atoms with Crippen LogP contribution in [0.1, 0.15) is 10.4 Å². The molecule has 0 fully saturated rings. The Bertz CT molecular complexity index is 400. The van der Waals surface area contributed by atoms with Gasteiger partial charge in [-0.1, -0.05) is 23.2 Å². The average Bonchev–Trinajstić information content (AvgIpc) is 2.18. The van der Waals surface area contributed by atoms with Crippen LogP contribution < -0.4 is 5.32 Å². The Morgan fingerprint density at radius 2 is 2.36 bits per heavy atom. The van der Waals surface area contributed by atoms with E-state index < -0.39 is 5.91 Å². The molecule has 1 aromatic heterocycles. The molecule has 0 aliphatic rings. The molecular weight excluding hydrogens is 225 g/mol. The molecule has 14 heavy (non-hydrogen) atoms. The molecule has 0 spiro atoms. The first-order valence-electron chi connectivity index (χ1n) is 3.61. The number of nitrogens with one attached hydrogen (secondary N) is 1. The van der Waals surface area contributed by atoms with E-state index in [1.165, 1.54) is 12.3 Å². The summed E-state index contributed by atoms with van der Waals surface area (Å²) in [5.41, 5.74) is 0.210. The highest BCUT2D eigenvalue weighted by molar-refractivity contribution is 6.35. The summed E-state index contributed by atoms with van der Waals surface area (Å²) in [4.78, 5) is 15.0. The van der Waals surface area contributed by atoms with Crippen LogP contribution in [-0.4, -0.2) is 17.4 Å². The molecule has 4 nitrogen and oxygen atoms in total. The fraction of sp³-hybridized carbons (Fsp3) is 0.125. The van der Waals surface area contributed by atoms with Crippen LogP contribution in [0.4, 0.5) is 0 Å². The second kappa shape index (κ2) is 4.80. The lowest BCUT2D eigenvalue weighted by Gasteiger charge is -2.02. The van der Waals surface area contributed by atoms with Crippen LogP contribution in [-0.2, 0) is 0 Å². The molecule has 0 aliphatic carbocycles. The van der Waals surface area contributed by atoms with Crippen molar-refractivity contribution in [3.8, 4) is 6.07 Å². The van der Waals surface area contributed by atoms with Gasteiger partial charge >= 0.3 is 0 Å². The standard InChI is InChI=1S/C8H5Cl2N3O/c9-6-4-13-7(10)3-5(6)8(14)12-2-1-11/h3-4H,2H2,(H,12,14). The molecule has 72 valence electrons. The molecular formula is C8H5Cl2N3O. The van der Waals surface area contributed by atoms with Crippen LogP contribution in [0.2, 0.25) is 10.2 Å². The maximum Gasteiger partial charge on any atom is 0.253 e. The summed E-state index contributed by atoms with van der Waals surface area (Å²) in [6.45, 7) is -0.0743. The van der Waals surface area contributed by atoms with Crippen molar-refractivity contribution >= 4 is 29.1 Å². The minimum atomic E-state index is -0.444. The normalized spacial score (nSPS) is 9.21. The molecule has 6 heteroatoms. The first kappa shape index (κ1) is 10.8. The Labute approximate surface area is 90.5 Å². The lowest BCUT2D eigenvalue weighted by molar-refractivity contribution is 0.0958. The Morgan fingerprint density at radius 1 is 1.64 bits per heavy atom. The number of carbonyl (C=O) groups is 1. The van der Waals surface area contributed by atoms with Gasteiger partial charge in [0.2, 0.25) is 0 Å². The number of nitrogens with zero attached hydrogens (tertiary/aromatic N) is 2. The third-order valence-electron chi connectivity index (χ3n) is 1.39. The van der Waals surface area contributed by atoms with Crippen LogP contribution in [0.3, 0.4) is 0 Å².